The Morgan fingerprint density at radius 1 is 1.30 bits per heavy atom. The van der Waals surface area contributed by atoms with Crippen LogP contribution in [-0.2, 0) is 19.4 Å². The summed E-state index contributed by atoms with van der Waals surface area (Å²) in [6.45, 7) is 1.79. The molecule has 106 valence electrons. The summed E-state index contributed by atoms with van der Waals surface area (Å²) in [6, 6.07) is 8.62. The summed E-state index contributed by atoms with van der Waals surface area (Å²) < 4.78 is 5.41. The zero-order chi connectivity index (χ0) is 13.9. The van der Waals surface area contributed by atoms with Crippen molar-refractivity contribution < 1.29 is 4.52 Å². The van der Waals surface area contributed by atoms with Crippen LogP contribution in [0.4, 0.5) is 0 Å². The highest BCUT2D eigenvalue weighted by atomic mass is 16.5. The van der Waals surface area contributed by atoms with Gasteiger partial charge in [-0.3, -0.25) is 0 Å². The van der Waals surface area contributed by atoms with Gasteiger partial charge in [0.1, 0.15) is 0 Å². The molecule has 0 aliphatic carbocycles. The molecule has 1 aliphatic rings. The third-order valence-corrected chi connectivity index (χ3v) is 3.65. The standard InChI is InChI=1S/C15H20N4O/c1-19(2)8-7-14-17-15(20-18-14)13-9-11-5-3-4-6-12(11)10-16-13/h3-6,13,16H,7-10H2,1-2H3. The van der Waals surface area contributed by atoms with E-state index in [9.17, 15) is 0 Å². The van der Waals surface area contributed by atoms with Crippen LogP contribution < -0.4 is 5.32 Å². The van der Waals surface area contributed by atoms with E-state index in [0.29, 0.717) is 5.89 Å². The van der Waals surface area contributed by atoms with Crippen LogP contribution >= 0.6 is 0 Å². The number of hydrogen-bond acceptors (Lipinski definition) is 5. The summed E-state index contributed by atoms with van der Waals surface area (Å²) in [6.07, 6.45) is 1.73. The molecule has 0 amide bonds. The van der Waals surface area contributed by atoms with Crippen LogP contribution in [0.2, 0.25) is 0 Å². The second kappa shape index (κ2) is 5.73. The second-order valence-electron chi connectivity index (χ2n) is 5.51. The van der Waals surface area contributed by atoms with Gasteiger partial charge in [0, 0.05) is 19.5 Å². The number of nitrogens with one attached hydrogen (secondary N) is 1. The molecular weight excluding hydrogens is 252 g/mol. The number of hydrogen-bond donors (Lipinski definition) is 1. The zero-order valence-electron chi connectivity index (χ0n) is 12.0. The summed E-state index contributed by atoms with van der Waals surface area (Å²) in [7, 11) is 4.08. The van der Waals surface area contributed by atoms with Gasteiger partial charge in [-0.05, 0) is 31.6 Å². The summed E-state index contributed by atoms with van der Waals surface area (Å²) in [4.78, 5) is 6.63. The third-order valence-electron chi connectivity index (χ3n) is 3.65. The van der Waals surface area contributed by atoms with E-state index in [1.165, 1.54) is 11.1 Å². The van der Waals surface area contributed by atoms with Crippen molar-refractivity contribution in [1.29, 1.82) is 0 Å². The molecule has 5 heteroatoms. The minimum Gasteiger partial charge on any atom is -0.338 e. The molecule has 5 nitrogen and oxygen atoms in total. The lowest BCUT2D eigenvalue weighted by molar-refractivity contribution is 0.317. The highest BCUT2D eigenvalue weighted by molar-refractivity contribution is 5.30. The number of likely N-dealkylation sites (N-methyl/N-ethyl adjacent to an activating group) is 1. The predicted octanol–water partition coefficient (Wildman–Crippen LogP) is 1.56. The Kier molecular flexibility index (Phi) is 3.80. The Hall–Kier alpha value is -1.72. The molecular formula is C15H20N4O. The first-order valence-electron chi connectivity index (χ1n) is 7.00. The number of fused-ring (bicyclic) bond motifs is 1. The Labute approximate surface area is 119 Å². The summed E-state index contributed by atoms with van der Waals surface area (Å²) in [5.41, 5.74) is 2.72. The first-order valence-corrected chi connectivity index (χ1v) is 7.00. The van der Waals surface area contributed by atoms with E-state index in [-0.39, 0.29) is 6.04 Å². The quantitative estimate of drug-likeness (QED) is 0.915. The van der Waals surface area contributed by atoms with Crippen LogP contribution in [0.25, 0.3) is 0 Å². The lowest BCUT2D eigenvalue weighted by atomic mass is 9.96. The van der Waals surface area contributed by atoms with Gasteiger partial charge in [0.15, 0.2) is 5.82 Å². The average Bonchev–Trinajstić information content (AvgIpc) is 2.93. The Morgan fingerprint density at radius 3 is 2.90 bits per heavy atom. The van der Waals surface area contributed by atoms with E-state index in [1.807, 2.05) is 14.1 Å². The van der Waals surface area contributed by atoms with Gasteiger partial charge in [0.25, 0.3) is 0 Å². The van der Waals surface area contributed by atoms with Crippen LogP contribution in [0.3, 0.4) is 0 Å². The van der Waals surface area contributed by atoms with Gasteiger partial charge < -0.3 is 14.7 Å². The number of nitrogens with zero attached hydrogens (tertiary/aromatic N) is 3. The molecule has 0 radical (unpaired) electrons. The van der Waals surface area contributed by atoms with Gasteiger partial charge in [-0.25, -0.2) is 0 Å². The molecule has 1 unspecified atom stereocenters. The monoisotopic (exact) mass is 272 g/mol. The molecule has 0 saturated carbocycles. The molecule has 2 aromatic rings. The average molecular weight is 272 g/mol. The molecule has 0 spiro atoms. The molecule has 1 atom stereocenters. The molecule has 2 heterocycles. The van der Waals surface area contributed by atoms with Gasteiger partial charge in [0.2, 0.25) is 5.89 Å². The summed E-state index contributed by atoms with van der Waals surface area (Å²) >= 11 is 0. The highest BCUT2D eigenvalue weighted by Gasteiger charge is 2.23. The molecule has 0 fully saturated rings. The summed E-state index contributed by atoms with van der Waals surface area (Å²) in [5, 5.41) is 7.53. The maximum atomic E-state index is 5.41. The summed E-state index contributed by atoms with van der Waals surface area (Å²) in [5.74, 6) is 1.49. The topological polar surface area (TPSA) is 54.2 Å². The van der Waals surface area contributed by atoms with Gasteiger partial charge in [-0.2, -0.15) is 4.98 Å². The van der Waals surface area contributed by atoms with Crippen LogP contribution in [0.1, 0.15) is 28.9 Å². The molecule has 1 aromatic heterocycles. The molecule has 20 heavy (non-hydrogen) atoms. The molecule has 1 aromatic carbocycles. The maximum absolute atomic E-state index is 5.41. The molecule has 0 bridgehead atoms. The molecule has 0 saturated heterocycles. The Morgan fingerprint density at radius 2 is 2.10 bits per heavy atom. The fourth-order valence-corrected chi connectivity index (χ4v) is 2.46. The number of aromatic nitrogens is 2. The van der Waals surface area contributed by atoms with E-state index in [1.54, 1.807) is 0 Å². The fraction of sp³-hybridized carbons (Fsp3) is 0.467. The number of benzene rings is 1. The SMILES string of the molecule is CN(C)CCc1noc(C2Cc3ccccc3CN2)n1. The van der Waals surface area contributed by atoms with E-state index in [4.69, 9.17) is 4.52 Å². The maximum Gasteiger partial charge on any atom is 0.244 e. The first kappa shape index (κ1) is 13.3. The van der Waals surface area contributed by atoms with Gasteiger partial charge in [0.05, 0.1) is 6.04 Å². The zero-order valence-corrected chi connectivity index (χ0v) is 12.0. The predicted molar refractivity (Wildman–Crippen MR) is 76.3 cm³/mol. The van der Waals surface area contributed by atoms with Crippen molar-refractivity contribution in [1.82, 2.24) is 20.4 Å². The second-order valence-corrected chi connectivity index (χ2v) is 5.51. The normalized spacial score (nSPS) is 18.2. The van der Waals surface area contributed by atoms with Crippen molar-refractivity contribution in [2.75, 3.05) is 20.6 Å². The van der Waals surface area contributed by atoms with Crippen LogP contribution in [0.5, 0.6) is 0 Å². The van der Waals surface area contributed by atoms with Gasteiger partial charge in [-0.1, -0.05) is 29.4 Å². The van der Waals surface area contributed by atoms with Crippen molar-refractivity contribution in [2.24, 2.45) is 0 Å². The van der Waals surface area contributed by atoms with E-state index in [0.717, 1.165) is 31.8 Å². The van der Waals surface area contributed by atoms with E-state index in [2.05, 4.69) is 44.6 Å². The first-order chi connectivity index (χ1) is 9.72. The van der Waals surface area contributed by atoms with Crippen molar-refractivity contribution in [2.45, 2.75) is 25.4 Å². The van der Waals surface area contributed by atoms with Crippen molar-refractivity contribution in [3.05, 3.63) is 47.1 Å². The van der Waals surface area contributed by atoms with Crippen molar-refractivity contribution >= 4 is 0 Å². The van der Waals surface area contributed by atoms with Crippen LogP contribution in [0.15, 0.2) is 28.8 Å². The molecule has 1 aliphatic heterocycles. The minimum atomic E-state index is 0.130. The highest BCUT2D eigenvalue weighted by Crippen LogP contribution is 2.24. The lowest BCUT2D eigenvalue weighted by Gasteiger charge is -2.23. The Bertz CT molecular complexity index is 579. The van der Waals surface area contributed by atoms with Gasteiger partial charge >= 0.3 is 0 Å². The Balaban J connectivity index is 1.69. The lowest BCUT2D eigenvalue weighted by Crippen LogP contribution is -2.28. The largest absolute Gasteiger partial charge is 0.338 e. The fourth-order valence-electron chi connectivity index (χ4n) is 2.46. The molecule has 1 N–H and O–H groups in total. The smallest absolute Gasteiger partial charge is 0.244 e. The van der Waals surface area contributed by atoms with Crippen LogP contribution in [-0.4, -0.2) is 35.7 Å². The van der Waals surface area contributed by atoms with E-state index < -0.39 is 0 Å². The van der Waals surface area contributed by atoms with Crippen molar-refractivity contribution in [3.8, 4) is 0 Å². The van der Waals surface area contributed by atoms with Crippen LogP contribution in [0, 0.1) is 0 Å². The third kappa shape index (κ3) is 2.89. The van der Waals surface area contributed by atoms with Crippen molar-refractivity contribution in [3.63, 3.8) is 0 Å². The van der Waals surface area contributed by atoms with E-state index >= 15 is 0 Å². The van der Waals surface area contributed by atoms with Gasteiger partial charge in [-0.15, -0.1) is 0 Å². The molecule has 3 rings (SSSR count). The number of rotatable bonds is 4. The minimum absolute atomic E-state index is 0.130.